The van der Waals surface area contributed by atoms with E-state index in [0.29, 0.717) is 5.65 Å². The third kappa shape index (κ3) is 5.79. The fourth-order valence-corrected chi connectivity index (χ4v) is 5.16. The van der Waals surface area contributed by atoms with Gasteiger partial charge in [-0.1, -0.05) is 6.07 Å². The van der Waals surface area contributed by atoms with E-state index in [1.165, 1.54) is 17.4 Å². The number of fused-ring (bicyclic) bond motifs is 3. The highest BCUT2D eigenvalue weighted by Gasteiger charge is 2.40. The summed E-state index contributed by atoms with van der Waals surface area (Å²) in [4.78, 5) is 19.9. The summed E-state index contributed by atoms with van der Waals surface area (Å²) in [6.07, 6.45) is 3.30. The summed E-state index contributed by atoms with van der Waals surface area (Å²) in [5.74, 6) is 4.43. The first-order chi connectivity index (χ1) is 19.6. The first kappa shape index (κ1) is 26.9. The van der Waals surface area contributed by atoms with Gasteiger partial charge in [0.05, 0.1) is 11.4 Å². The quantitative estimate of drug-likeness (QED) is 0.304. The highest BCUT2D eigenvalue weighted by Crippen LogP contribution is 2.41. The normalized spacial score (nSPS) is 18.3. The molecule has 2 unspecified atom stereocenters. The number of alkyl halides is 3. The van der Waals surface area contributed by atoms with Crippen LogP contribution in [0.15, 0.2) is 30.6 Å². The van der Waals surface area contributed by atoms with E-state index in [1.54, 1.807) is 24.4 Å². The van der Waals surface area contributed by atoms with Gasteiger partial charge in [0.2, 0.25) is 5.95 Å². The van der Waals surface area contributed by atoms with E-state index in [0.717, 1.165) is 72.4 Å². The molecule has 1 aliphatic carbocycles. The third-order valence-electron chi connectivity index (χ3n) is 7.52. The van der Waals surface area contributed by atoms with Crippen molar-refractivity contribution in [3.05, 3.63) is 53.6 Å². The van der Waals surface area contributed by atoms with Gasteiger partial charge in [-0.2, -0.15) is 28.2 Å². The number of aromatic nitrogens is 10. The zero-order chi connectivity index (χ0) is 28.7. The molecule has 0 radical (unpaired) electrons. The van der Waals surface area contributed by atoms with Crippen molar-refractivity contribution in [1.29, 1.82) is 0 Å². The molecule has 1 saturated heterocycles. The molecule has 1 aliphatic heterocycles. The van der Waals surface area contributed by atoms with Gasteiger partial charge in [-0.25, -0.2) is 14.0 Å². The second kappa shape index (κ2) is 10.6. The van der Waals surface area contributed by atoms with Crippen molar-refractivity contribution in [3.8, 4) is 6.01 Å². The Morgan fingerprint density at radius 2 is 1.76 bits per heavy atom. The standard InChI is InChI=1S/C18H24N8.C8H6F3N3O/c1-11-8-19-12(2)17-20-15(22-26(11)17)6-7-16-21-18(23-24(16)3)25-9-13-4-5-14(13)10-25;9-8(10,11)5-15-7-12-6-3-1-2-4-14(6)13-7/h8,13-14H,4-7,9-10H2,1-3H3;1-4H,5H2. The van der Waals surface area contributed by atoms with E-state index >= 15 is 0 Å². The number of aryl methyl sites for hydroxylation is 5. The number of hydrogen-bond acceptors (Lipinski definition) is 9. The number of rotatable bonds is 6. The molecule has 0 spiro atoms. The van der Waals surface area contributed by atoms with Gasteiger partial charge in [-0.15, -0.1) is 10.2 Å². The number of anilines is 1. The molecule has 0 N–H and O–H groups in total. The molecule has 41 heavy (non-hydrogen) atoms. The number of pyridine rings is 1. The summed E-state index contributed by atoms with van der Waals surface area (Å²) in [6.45, 7) is 4.81. The summed E-state index contributed by atoms with van der Waals surface area (Å²) in [6, 6.07) is 4.73. The van der Waals surface area contributed by atoms with Crippen LogP contribution in [0.1, 0.15) is 35.9 Å². The molecule has 1 saturated carbocycles. The van der Waals surface area contributed by atoms with Gasteiger partial charge in [0.25, 0.3) is 0 Å². The van der Waals surface area contributed by atoms with E-state index in [1.807, 2.05) is 36.3 Å². The molecule has 12 nitrogen and oxygen atoms in total. The van der Waals surface area contributed by atoms with E-state index < -0.39 is 12.8 Å². The molecule has 5 aromatic heterocycles. The van der Waals surface area contributed by atoms with Gasteiger partial charge < -0.3 is 9.64 Å². The molecule has 0 bridgehead atoms. The second-order valence-electron chi connectivity index (χ2n) is 10.5. The lowest BCUT2D eigenvalue weighted by Crippen LogP contribution is -2.22. The van der Waals surface area contributed by atoms with Crippen LogP contribution < -0.4 is 9.64 Å². The van der Waals surface area contributed by atoms with Crippen molar-refractivity contribution in [3.63, 3.8) is 0 Å². The molecule has 0 amide bonds. The Kier molecular flexibility index (Phi) is 6.95. The van der Waals surface area contributed by atoms with Crippen molar-refractivity contribution in [2.24, 2.45) is 18.9 Å². The van der Waals surface area contributed by atoms with Gasteiger partial charge >= 0.3 is 12.2 Å². The lowest BCUT2D eigenvalue weighted by Gasteiger charge is -2.27. The first-order valence-corrected chi connectivity index (χ1v) is 13.5. The monoisotopic (exact) mass is 569 g/mol. The largest absolute Gasteiger partial charge is 0.453 e. The van der Waals surface area contributed by atoms with Crippen molar-refractivity contribution in [1.82, 2.24) is 48.9 Å². The van der Waals surface area contributed by atoms with E-state index in [2.05, 4.69) is 39.9 Å². The number of nitrogens with zero attached hydrogens (tertiary/aromatic N) is 11. The van der Waals surface area contributed by atoms with Gasteiger partial charge in [-0.3, -0.25) is 9.67 Å². The summed E-state index contributed by atoms with van der Waals surface area (Å²) in [5, 5.41) is 13.0. The lowest BCUT2D eigenvalue weighted by atomic mass is 9.77. The third-order valence-corrected chi connectivity index (χ3v) is 7.52. The van der Waals surface area contributed by atoms with Crippen molar-refractivity contribution >= 4 is 17.2 Å². The number of halogens is 3. The highest BCUT2D eigenvalue weighted by molar-refractivity contribution is 5.43. The molecule has 2 aliphatic rings. The van der Waals surface area contributed by atoms with Gasteiger partial charge in [0, 0.05) is 45.4 Å². The van der Waals surface area contributed by atoms with Crippen LogP contribution in [0.4, 0.5) is 19.1 Å². The first-order valence-electron chi connectivity index (χ1n) is 13.5. The molecule has 7 rings (SSSR count). The van der Waals surface area contributed by atoms with Crippen molar-refractivity contribution in [2.75, 3.05) is 24.6 Å². The lowest BCUT2D eigenvalue weighted by molar-refractivity contribution is -0.154. The Hall–Kier alpha value is -4.30. The molecule has 216 valence electrons. The minimum Gasteiger partial charge on any atom is -0.453 e. The number of ether oxygens (including phenoxy) is 1. The minimum absolute atomic E-state index is 0.279. The molecule has 2 atom stereocenters. The molecule has 0 aromatic carbocycles. The van der Waals surface area contributed by atoms with Gasteiger partial charge in [0.1, 0.15) is 5.82 Å². The van der Waals surface area contributed by atoms with Crippen LogP contribution in [0.5, 0.6) is 6.01 Å². The maximum atomic E-state index is 11.8. The summed E-state index contributed by atoms with van der Waals surface area (Å²) >= 11 is 0. The maximum absolute atomic E-state index is 11.8. The average Bonchev–Trinajstić information content (AvgIpc) is 3.69. The van der Waals surface area contributed by atoms with Crippen molar-refractivity contribution in [2.45, 2.75) is 45.7 Å². The van der Waals surface area contributed by atoms with Crippen molar-refractivity contribution < 1.29 is 17.9 Å². The smallest absolute Gasteiger partial charge is 0.422 e. The van der Waals surface area contributed by atoms with Crippen LogP contribution in [-0.4, -0.2) is 74.8 Å². The molecule has 5 aromatic rings. The average molecular weight is 570 g/mol. The highest BCUT2D eigenvalue weighted by atomic mass is 19.4. The zero-order valence-corrected chi connectivity index (χ0v) is 23.0. The van der Waals surface area contributed by atoms with E-state index in [4.69, 9.17) is 4.98 Å². The van der Waals surface area contributed by atoms with Gasteiger partial charge in [0.15, 0.2) is 23.7 Å². The topological polar surface area (TPSA) is 116 Å². The Morgan fingerprint density at radius 1 is 0.976 bits per heavy atom. The molecule has 15 heteroatoms. The molecule has 2 fully saturated rings. The molecule has 6 heterocycles. The molecular formula is C26H30F3N11O. The Labute approximate surface area is 233 Å². The Morgan fingerprint density at radius 3 is 2.44 bits per heavy atom. The SMILES string of the molecule is Cc1ncc(C)n2nc(CCc3nc(N4CC5CCC5C4)nn3C)nc12.FC(F)(F)COc1nc2ccccn2n1. The fraction of sp³-hybridized carbons (Fsp3) is 0.500. The predicted octanol–water partition coefficient (Wildman–Crippen LogP) is 3.17. The van der Waals surface area contributed by atoms with E-state index in [9.17, 15) is 13.2 Å². The van der Waals surface area contributed by atoms with Crippen LogP contribution in [0.3, 0.4) is 0 Å². The van der Waals surface area contributed by atoms with Crippen LogP contribution in [0, 0.1) is 25.7 Å². The van der Waals surface area contributed by atoms with E-state index in [-0.39, 0.29) is 6.01 Å². The van der Waals surface area contributed by atoms with Crippen LogP contribution in [0.25, 0.3) is 11.3 Å². The second-order valence-corrected chi connectivity index (χ2v) is 10.5. The van der Waals surface area contributed by atoms with Crippen LogP contribution in [-0.2, 0) is 19.9 Å². The minimum atomic E-state index is -4.38. The van der Waals surface area contributed by atoms with Crippen LogP contribution in [0.2, 0.25) is 0 Å². The maximum Gasteiger partial charge on any atom is 0.422 e. The Bertz CT molecular complexity index is 1590. The fourth-order valence-electron chi connectivity index (χ4n) is 5.16. The predicted molar refractivity (Wildman–Crippen MR) is 142 cm³/mol. The molecular weight excluding hydrogens is 539 g/mol. The summed E-state index contributed by atoms with van der Waals surface area (Å²) in [5.41, 5.74) is 3.17. The number of hydrogen-bond donors (Lipinski definition) is 0. The summed E-state index contributed by atoms with van der Waals surface area (Å²) in [7, 11) is 1.98. The Balaban J connectivity index is 0.000000172. The van der Waals surface area contributed by atoms with Gasteiger partial charge in [-0.05, 0) is 50.7 Å². The zero-order valence-electron chi connectivity index (χ0n) is 23.0. The summed E-state index contributed by atoms with van der Waals surface area (Å²) < 4.78 is 44.9. The van der Waals surface area contributed by atoms with Crippen LogP contribution >= 0.6 is 0 Å².